The first-order chi connectivity index (χ1) is 9.65. The molecule has 0 saturated heterocycles. The minimum absolute atomic E-state index is 0.214. The second-order valence-electron chi connectivity index (χ2n) is 4.67. The van der Waals surface area contributed by atoms with Crippen molar-refractivity contribution in [3.63, 3.8) is 0 Å². The Labute approximate surface area is 118 Å². The zero-order valence-electron chi connectivity index (χ0n) is 11.6. The number of nitrogens with two attached hydrogens (primary N) is 1. The number of ether oxygens (including phenoxy) is 1. The molecule has 0 heterocycles. The summed E-state index contributed by atoms with van der Waals surface area (Å²) in [4.78, 5) is 2.08. The van der Waals surface area contributed by atoms with E-state index in [1.165, 1.54) is 12.1 Å². The SMILES string of the molecule is CN(CCCOc1ccc(N)cc1)c1ccc(F)cc1. The molecule has 3 nitrogen and oxygen atoms in total. The Hall–Kier alpha value is -2.23. The number of anilines is 2. The van der Waals surface area contributed by atoms with Crippen LogP contribution >= 0.6 is 0 Å². The summed E-state index contributed by atoms with van der Waals surface area (Å²) < 4.78 is 18.4. The monoisotopic (exact) mass is 274 g/mol. The van der Waals surface area contributed by atoms with Gasteiger partial charge in [0.1, 0.15) is 11.6 Å². The van der Waals surface area contributed by atoms with E-state index in [4.69, 9.17) is 10.5 Å². The summed E-state index contributed by atoms with van der Waals surface area (Å²) in [5, 5.41) is 0. The largest absolute Gasteiger partial charge is 0.494 e. The van der Waals surface area contributed by atoms with Gasteiger partial charge in [-0.05, 0) is 55.0 Å². The van der Waals surface area contributed by atoms with Crippen LogP contribution in [0.2, 0.25) is 0 Å². The third kappa shape index (κ3) is 4.16. The van der Waals surface area contributed by atoms with Gasteiger partial charge in [-0.1, -0.05) is 0 Å². The average molecular weight is 274 g/mol. The Kier molecular flexibility index (Phi) is 4.82. The molecular formula is C16H19FN2O. The van der Waals surface area contributed by atoms with Crippen molar-refractivity contribution in [1.29, 1.82) is 0 Å². The first kappa shape index (κ1) is 14.2. The molecule has 2 aromatic carbocycles. The maximum Gasteiger partial charge on any atom is 0.123 e. The van der Waals surface area contributed by atoms with E-state index in [-0.39, 0.29) is 5.82 Å². The van der Waals surface area contributed by atoms with Crippen LogP contribution in [0.25, 0.3) is 0 Å². The van der Waals surface area contributed by atoms with E-state index in [1.807, 2.05) is 31.3 Å². The van der Waals surface area contributed by atoms with Gasteiger partial charge in [0.2, 0.25) is 0 Å². The van der Waals surface area contributed by atoms with Crippen LogP contribution < -0.4 is 15.4 Å². The summed E-state index contributed by atoms with van der Waals surface area (Å²) in [5.41, 5.74) is 7.34. The Morgan fingerprint density at radius 2 is 1.70 bits per heavy atom. The van der Waals surface area contributed by atoms with Crippen molar-refractivity contribution >= 4 is 11.4 Å². The van der Waals surface area contributed by atoms with E-state index in [2.05, 4.69) is 4.90 Å². The molecule has 0 aliphatic carbocycles. The van der Waals surface area contributed by atoms with Crippen molar-refractivity contribution in [1.82, 2.24) is 0 Å². The normalized spacial score (nSPS) is 10.3. The molecule has 2 rings (SSSR count). The van der Waals surface area contributed by atoms with Crippen molar-refractivity contribution in [2.45, 2.75) is 6.42 Å². The number of rotatable bonds is 6. The summed E-state index contributed by atoms with van der Waals surface area (Å²) in [6, 6.07) is 13.8. The van der Waals surface area contributed by atoms with Crippen molar-refractivity contribution in [3.8, 4) is 5.75 Å². The number of hydrogen-bond donors (Lipinski definition) is 1. The Balaban J connectivity index is 1.72. The third-order valence-electron chi connectivity index (χ3n) is 3.05. The second kappa shape index (κ2) is 6.80. The maximum absolute atomic E-state index is 12.8. The fourth-order valence-electron chi connectivity index (χ4n) is 1.88. The molecule has 2 aromatic rings. The van der Waals surface area contributed by atoms with E-state index >= 15 is 0 Å². The van der Waals surface area contributed by atoms with Crippen LogP contribution in [0, 0.1) is 5.82 Å². The van der Waals surface area contributed by atoms with E-state index in [9.17, 15) is 4.39 Å². The molecule has 0 unspecified atom stereocenters. The molecule has 0 bridgehead atoms. The van der Waals surface area contributed by atoms with E-state index in [0.29, 0.717) is 6.61 Å². The van der Waals surface area contributed by atoms with Crippen LogP contribution in [0.5, 0.6) is 5.75 Å². The molecule has 106 valence electrons. The summed E-state index contributed by atoms with van der Waals surface area (Å²) in [6.45, 7) is 1.48. The molecule has 0 atom stereocenters. The second-order valence-corrected chi connectivity index (χ2v) is 4.67. The van der Waals surface area contributed by atoms with E-state index < -0.39 is 0 Å². The number of nitrogen functional groups attached to an aromatic ring is 1. The van der Waals surface area contributed by atoms with Crippen molar-refractivity contribution in [3.05, 3.63) is 54.3 Å². The van der Waals surface area contributed by atoms with Crippen molar-refractivity contribution < 1.29 is 9.13 Å². The Bertz CT molecular complexity index is 525. The number of benzene rings is 2. The van der Waals surface area contributed by atoms with E-state index in [0.717, 1.165) is 30.1 Å². The van der Waals surface area contributed by atoms with Crippen LogP contribution in [-0.2, 0) is 0 Å². The molecule has 0 aliphatic heterocycles. The lowest BCUT2D eigenvalue weighted by molar-refractivity contribution is 0.312. The molecule has 0 spiro atoms. The highest BCUT2D eigenvalue weighted by atomic mass is 19.1. The van der Waals surface area contributed by atoms with Gasteiger partial charge in [0.05, 0.1) is 6.61 Å². The zero-order valence-corrected chi connectivity index (χ0v) is 11.6. The van der Waals surface area contributed by atoms with Gasteiger partial charge in [0.25, 0.3) is 0 Å². The molecule has 0 saturated carbocycles. The maximum atomic E-state index is 12.8. The first-order valence-corrected chi connectivity index (χ1v) is 6.60. The number of halogens is 1. The van der Waals surface area contributed by atoms with Crippen LogP contribution in [0.3, 0.4) is 0 Å². The van der Waals surface area contributed by atoms with Crippen LogP contribution in [0.15, 0.2) is 48.5 Å². The number of hydrogen-bond acceptors (Lipinski definition) is 3. The topological polar surface area (TPSA) is 38.5 Å². The lowest BCUT2D eigenvalue weighted by Gasteiger charge is -2.19. The van der Waals surface area contributed by atoms with Gasteiger partial charge in [-0.2, -0.15) is 0 Å². The van der Waals surface area contributed by atoms with Crippen molar-refractivity contribution in [2.24, 2.45) is 0 Å². The number of nitrogens with zero attached hydrogens (tertiary/aromatic N) is 1. The van der Waals surface area contributed by atoms with Gasteiger partial charge in [-0.3, -0.25) is 0 Å². The molecular weight excluding hydrogens is 255 g/mol. The van der Waals surface area contributed by atoms with Crippen molar-refractivity contribution in [2.75, 3.05) is 30.8 Å². The predicted molar refractivity (Wildman–Crippen MR) is 80.6 cm³/mol. The molecule has 0 fully saturated rings. The fourth-order valence-corrected chi connectivity index (χ4v) is 1.88. The third-order valence-corrected chi connectivity index (χ3v) is 3.05. The van der Waals surface area contributed by atoms with Gasteiger partial charge >= 0.3 is 0 Å². The van der Waals surface area contributed by atoms with Gasteiger partial charge in [-0.25, -0.2) is 4.39 Å². The van der Waals surface area contributed by atoms with Crippen LogP contribution in [0.1, 0.15) is 6.42 Å². The Morgan fingerprint density at radius 1 is 1.05 bits per heavy atom. The molecule has 20 heavy (non-hydrogen) atoms. The highest BCUT2D eigenvalue weighted by molar-refractivity contribution is 5.45. The van der Waals surface area contributed by atoms with E-state index in [1.54, 1.807) is 12.1 Å². The van der Waals surface area contributed by atoms with Gasteiger partial charge in [0, 0.05) is 25.0 Å². The first-order valence-electron chi connectivity index (χ1n) is 6.60. The fraction of sp³-hybridized carbons (Fsp3) is 0.250. The summed E-state index contributed by atoms with van der Waals surface area (Å²) >= 11 is 0. The highest BCUT2D eigenvalue weighted by Crippen LogP contribution is 2.15. The predicted octanol–water partition coefficient (Wildman–Crippen LogP) is 3.31. The van der Waals surface area contributed by atoms with Gasteiger partial charge < -0.3 is 15.4 Å². The smallest absolute Gasteiger partial charge is 0.123 e. The lowest BCUT2D eigenvalue weighted by atomic mass is 10.3. The zero-order chi connectivity index (χ0) is 14.4. The average Bonchev–Trinajstić information content (AvgIpc) is 2.46. The summed E-state index contributed by atoms with van der Waals surface area (Å²) in [5.74, 6) is 0.609. The molecule has 0 aromatic heterocycles. The Morgan fingerprint density at radius 3 is 2.35 bits per heavy atom. The van der Waals surface area contributed by atoms with Gasteiger partial charge in [0.15, 0.2) is 0 Å². The lowest BCUT2D eigenvalue weighted by Crippen LogP contribution is -2.20. The van der Waals surface area contributed by atoms with Crippen LogP contribution in [-0.4, -0.2) is 20.2 Å². The molecule has 0 radical (unpaired) electrons. The minimum atomic E-state index is -0.214. The molecule has 2 N–H and O–H groups in total. The van der Waals surface area contributed by atoms with Crippen LogP contribution in [0.4, 0.5) is 15.8 Å². The minimum Gasteiger partial charge on any atom is -0.494 e. The highest BCUT2D eigenvalue weighted by Gasteiger charge is 2.01. The standard InChI is InChI=1S/C16H19FN2O/c1-19(15-7-3-13(17)4-8-15)11-2-12-20-16-9-5-14(18)6-10-16/h3-10H,2,11-12,18H2,1H3. The summed E-state index contributed by atoms with van der Waals surface area (Å²) in [6.07, 6.45) is 0.887. The van der Waals surface area contributed by atoms with Gasteiger partial charge in [-0.15, -0.1) is 0 Å². The summed E-state index contributed by atoms with van der Waals surface area (Å²) in [7, 11) is 1.98. The quantitative estimate of drug-likeness (QED) is 0.648. The molecule has 0 aliphatic rings. The molecule has 4 heteroatoms. The molecule has 0 amide bonds.